The van der Waals surface area contributed by atoms with Crippen molar-refractivity contribution in [3.05, 3.63) is 75.2 Å². The molecular formula is C18H13F3N2O2. The number of anilines is 1. The van der Waals surface area contributed by atoms with Crippen LogP contribution in [0.15, 0.2) is 41.2 Å². The highest BCUT2D eigenvalue weighted by Crippen LogP contribution is 2.20. The predicted molar refractivity (Wildman–Crippen MR) is 88.2 cm³/mol. The lowest BCUT2D eigenvalue weighted by atomic mass is 10.1. The SMILES string of the molecule is CC(=O)c1c(NCc2ccc(F)cc2)[nH]c2c(F)cc(F)cc2c1=O. The number of H-pyrrole nitrogens is 1. The standard InChI is InChI=1S/C18H13F3N2O2/c1-9(24)15-17(25)13-6-12(20)7-14(21)16(13)23-18(15)22-8-10-2-4-11(19)5-3-10/h2-7H,8H2,1H3,(H2,22,23,25). The summed E-state index contributed by atoms with van der Waals surface area (Å²) in [5.74, 6) is -2.75. The third-order valence-electron chi connectivity index (χ3n) is 3.76. The first kappa shape index (κ1) is 16.8. The van der Waals surface area contributed by atoms with Crippen LogP contribution in [0.4, 0.5) is 19.0 Å². The molecule has 4 nitrogen and oxygen atoms in total. The second-order valence-electron chi connectivity index (χ2n) is 5.55. The number of carbonyl (C=O) groups is 1. The zero-order chi connectivity index (χ0) is 18.1. The van der Waals surface area contributed by atoms with Crippen LogP contribution in [0.3, 0.4) is 0 Å². The van der Waals surface area contributed by atoms with Crippen molar-refractivity contribution < 1.29 is 18.0 Å². The highest BCUT2D eigenvalue weighted by Gasteiger charge is 2.18. The number of aromatic nitrogens is 1. The summed E-state index contributed by atoms with van der Waals surface area (Å²) >= 11 is 0. The third-order valence-corrected chi connectivity index (χ3v) is 3.76. The van der Waals surface area contributed by atoms with Gasteiger partial charge in [0.25, 0.3) is 0 Å². The Labute approximate surface area is 140 Å². The van der Waals surface area contributed by atoms with E-state index in [4.69, 9.17) is 0 Å². The van der Waals surface area contributed by atoms with Gasteiger partial charge in [0.1, 0.15) is 28.8 Å². The number of carbonyl (C=O) groups excluding carboxylic acids is 1. The van der Waals surface area contributed by atoms with Crippen molar-refractivity contribution in [2.45, 2.75) is 13.5 Å². The molecule has 0 spiro atoms. The van der Waals surface area contributed by atoms with Crippen molar-refractivity contribution in [2.24, 2.45) is 0 Å². The number of fused-ring (bicyclic) bond motifs is 1. The normalized spacial score (nSPS) is 10.9. The maximum Gasteiger partial charge on any atom is 0.202 e. The van der Waals surface area contributed by atoms with Gasteiger partial charge in [-0.25, -0.2) is 13.2 Å². The van der Waals surface area contributed by atoms with Crippen LogP contribution in [0.5, 0.6) is 0 Å². The third kappa shape index (κ3) is 3.26. The molecule has 1 aromatic heterocycles. The lowest BCUT2D eigenvalue weighted by Gasteiger charge is -2.12. The second kappa shape index (κ2) is 6.43. The number of rotatable bonds is 4. The first-order valence-electron chi connectivity index (χ1n) is 7.41. The number of pyridine rings is 1. The Morgan fingerprint density at radius 2 is 1.76 bits per heavy atom. The van der Waals surface area contributed by atoms with E-state index in [9.17, 15) is 22.8 Å². The molecular weight excluding hydrogens is 333 g/mol. The summed E-state index contributed by atoms with van der Waals surface area (Å²) < 4.78 is 40.3. The van der Waals surface area contributed by atoms with Crippen LogP contribution in [0.25, 0.3) is 10.9 Å². The van der Waals surface area contributed by atoms with Gasteiger partial charge in [-0.15, -0.1) is 0 Å². The molecule has 3 aromatic rings. The van der Waals surface area contributed by atoms with Gasteiger partial charge in [0.2, 0.25) is 5.43 Å². The highest BCUT2D eigenvalue weighted by atomic mass is 19.1. The Kier molecular flexibility index (Phi) is 4.31. The lowest BCUT2D eigenvalue weighted by molar-refractivity contribution is 0.101. The zero-order valence-electron chi connectivity index (χ0n) is 13.1. The van der Waals surface area contributed by atoms with Gasteiger partial charge in [0, 0.05) is 12.6 Å². The van der Waals surface area contributed by atoms with E-state index in [-0.39, 0.29) is 28.8 Å². The minimum Gasteiger partial charge on any atom is -0.367 e. The van der Waals surface area contributed by atoms with E-state index < -0.39 is 28.7 Å². The van der Waals surface area contributed by atoms with Gasteiger partial charge in [-0.3, -0.25) is 9.59 Å². The molecule has 2 N–H and O–H groups in total. The number of nitrogens with one attached hydrogen (secondary N) is 2. The summed E-state index contributed by atoms with van der Waals surface area (Å²) in [6, 6.07) is 7.14. The fourth-order valence-corrected chi connectivity index (χ4v) is 2.58. The molecule has 0 saturated carbocycles. The van der Waals surface area contributed by atoms with E-state index in [1.165, 1.54) is 31.2 Å². The highest BCUT2D eigenvalue weighted by molar-refractivity contribution is 6.02. The quantitative estimate of drug-likeness (QED) is 0.707. The van der Waals surface area contributed by atoms with Crippen molar-refractivity contribution in [1.82, 2.24) is 4.98 Å². The molecule has 7 heteroatoms. The van der Waals surface area contributed by atoms with E-state index in [1.54, 1.807) is 0 Å². The summed E-state index contributed by atoms with van der Waals surface area (Å²) in [6.45, 7) is 1.36. The topological polar surface area (TPSA) is 62.0 Å². The molecule has 0 aliphatic heterocycles. The maximum absolute atomic E-state index is 14.0. The average Bonchev–Trinajstić information content (AvgIpc) is 2.55. The van der Waals surface area contributed by atoms with E-state index in [0.717, 1.165) is 6.07 Å². The molecule has 1 heterocycles. The lowest BCUT2D eigenvalue weighted by Crippen LogP contribution is -2.19. The van der Waals surface area contributed by atoms with E-state index in [2.05, 4.69) is 10.3 Å². The summed E-state index contributed by atoms with van der Waals surface area (Å²) in [5, 5.41) is 2.61. The minimum atomic E-state index is -0.938. The molecule has 128 valence electrons. The molecule has 0 radical (unpaired) electrons. The van der Waals surface area contributed by atoms with Crippen LogP contribution in [-0.4, -0.2) is 10.8 Å². The van der Waals surface area contributed by atoms with Crippen molar-refractivity contribution in [3.8, 4) is 0 Å². The van der Waals surface area contributed by atoms with Gasteiger partial charge in [0.15, 0.2) is 5.78 Å². The second-order valence-corrected chi connectivity index (χ2v) is 5.55. The summed E-state index contributed by atoms with van der Waals surface area (Å²) in [5.41, 5.74) is -0.490. The molecule has 2 aromatic carbocycles. The van der Waals surface area contributed by atoms with Gasteiger partial charge in [0.05, 0.1) is 10.9 Å². The first-order chi connectivity index (χ1) is 11.9. The van der Waals surface area contributed by atoms with Crippen molar-refractivity contribution >= 4 is 22.5 Å². The Morgan fingerprint density at radius 3 is 2.40 bits per heavy atom. The van der Waals surface area contributed by atoms with Crippen molar-refractivity contribution in [1.29, 1.82) is 0 Å². The van der Waals surface area contributed by atoms with E-state index in [0.29, 0.717) is 11.6 Å². The smallest absolute Gasteiger partial charge is 0.202 e. The largest absolute Gasteiger partial charge is 0.367 e. The first-order valence-corrected chi connectivity index (χ1v) is 7.41. The van der Waals surface area contributed by atoms with Gasteiger partial charge >= 0.3 is 0 Å². The summed E-state index contributed by atoms with van der Waals surface area (Å²) in [6.07, 6.45) is 0. The maximum atomic E-state index is 14.0. The van der Waals surface area contributed by atoms with E-state index >= 15 is 0 Å². The molecule has 0 aliphatic rings. The predicted octanol–water partition coefficient (Wildman–Crippen LogP) is 3.76. The minimum absolute atomic E-state index is 0.0276. The molecule has 0 aliphatic carbocycles. The fraction of sp³-hybridized carbons (Fsp3) is 0.111. The summed E-state index contributed by atoms with van der Waals surface area (Å²) in [7, 11) is 0. The Hall–Kier alpha value is -3.09. The van der Waals surface area contributed by atoms with Crippen LogP contribution in [0.1, 0.15) is 22.8 Å². The fourth-order valence-electron chi connectivity index (χ4n) is 2.58. The molecule has 3 rings (SSSR count). The molecule has 0 saturated heterocycles. The molecule has 0 unspecified atom stereocenters. The van der Waals surface area contributed by atoms with Crippen LogP contribution >= 0.6 is 0 Å². The van der Waals surface area contributed by atoms with Gasteiger partial charge in [-0.1, -0.05) is 12.1 Å². The van der Waals surface area contributed by atoms with Crippen LogP contribution in [0, 0.1) is 17.5 Å². The molecule has 25 heavy (non-hydrogen) atoms. The van der Waals surface area contributed by atoms with E-state index in [1.807, 2.05) is 0 Å². The number of hydrogen-bond acceptors (Lipinski definition) is 3. The van der Waals surface area contributed by atoms with Crippen molar-refractivity contribution in [3.63, 3.8) is 0 Å². The Balaban J connectivity index is 2.09. The average molecular weight is 346 g/mol. The zero-order valence-corrected chi connectivity index (χ0v) is 13.1. The molecule has 0 amide bonds. The number of ketones is 1. The molecule has 0 fully saturated rings. The van der Waals surface area contributed by atoms with Crippen LogP contribution in [0.2, 0.25) is 0 Å². The number of aromatic amines is 1. The number of benzene rings is 2. The van der Waals surface area contributed by atoms with Gasteiger partial charge in [-0.05, 0) is 30.7 Å². The van der Waals surface area contributed by atoms with Gasteiger partial charge < -0.3 is 10.3 Å². The summed E-state index contributed by atoms with van der Waals surface area (Å²) in [4.78, 5) is 27.0. The monoisotopic (exact) mass is 346 g/mol. The van der Waals surface area contributed by atoms with Crippen molar-refractivity contribution in [2.75, 3.05) is 5.32 Å². The Bertz CT molecular complexity index is 1030. The number of hydrogen-bond donors (Lipinski definition) is 2. The van der Waals surface area contributed by atoms with Crippen LogP contribution < -0.4 is 10.7 Å². The Morgan fingerprint density at radius 1 is 1.08 bits per heavy atom. The molecule has 0 bridgehead atoms. The molecule has 0 atom stereocenters. The van der Waals surface area contributed by atoms with Gasteiger partial charge in [-0.2, -0.15) is 0 Å². The number of Topliss-reactive ketones (excluding diaryl/α,β-unsaturated/α-hetero) is 1. The van der Waals surface area contributed by atoms with Crippen LogP contribution in [-0.2, 0) is 6.54 Å². The number of halogens is 3.